The smallest absolute Gasteiger partial charge is 0.261 e. The number of hydrogen-bond donors (Lipinski definition) is 1. The van der Waals surface area contributed by atoms with Gasteiger partial charge in [-0.15, -0.1) is 0 Å². The van der Waals surface area contributed by atoms with Crippen molar-refractivity contribution in [2.24, 2.45) is 5.92 Å². The van der Waals surface area contributed by atoms with Crippen LogP contribution in [0.3, 0.4) is 0 Å². The van der Waals surface area contributed by atoms with Crippen molar-refractivity contribution in [3.63, 3.8) is 0 Å². The number of carbonyl (C=O) groups excluding carboxylic acids is 1. The number of nitrogens with zero attached hydrogens (tertiary/aromatic N) is 1. The first-order chi connectivity index (χ1) is 8.13. The highest BCUT2D eigenvalue weighted by atomic mass is 19.3. The van der Waals surface area contributed by atoms with E-state index in [1.807, 2.05) is 0 Å². The van der Waals surface area contributed by atoms with Crippen molar-refractivity contribution in [3.05, 3.63) is 0 Å². The number of aliphatic hydroxyl groups is 1. The van der Waals surface area contributed by atoms with Crippen LogP contribution in [-0.2, 0) is 9.53 Å². The topological polar surface area (TPSA) is 49.8 Å². The Bertz CT molecular complexity index is 239. The minimum absolute atomic E-state index is 0.0312. The first-order valence-electron chi connectivity index (χ1n) is 5.88. The predicted octanol–water partition coefficient (Wildman–Crippen LogP) is 0.889. The molecule has 1 atom stereocenters. The quantitative estimate of drug-likeness (QED) is 0.713. The molecule has 1 amide bonds. The third kappa shape index (κ3) is 5.41. The van der Waals surface area contributed by atoms with Gasteiger partial charge in [-0.2, -0.15) is 0 Å². The molecule has 4 nitrogen and oxygen atoms in total. The number of rotatable bonds is 6. The SMILES string of the molecule is O=C(CCOCC(F)F)N1CCCC(CO)C1. The molecule has 0 aromatic rings. The molecule has 1 rings (SSSR count). The van der Waals surface area contributed by atoms with E-state index in [1.54, 1.807) is 4.90 Å². The van der Waals surface area contributed by atoms with Gasteiger partial charge in [0.1, 0.15) is 6.61 Å². The molecular weight excluding hydrogens is 232 g/mol. The average molecular weight is 251 g/mol. The lowest BCUT2D eigenvalue weighted by Gasteiger charge is -2.31. The van der Waals surface area contributed by atoms with Crippen molar-refractivity contribution >= 4 is 5.91 Å². The van der Waals surface area contributed by atoms with Gasteiger partial charge in [0.15, 0.2) is 0 Å². The number of ether oxygens (including phenoxy) is 1. The van der Waals surface area contributed by atoms with Crippen molar-refractivity contribution < 1.29 is 23.4 Å². The van der Waals surface area contributed by atoms with Crippen LogP contribution in [0.1, 0.15) is 19.3 Å². The Balaban J connectivity index is 2.18. The van der Waals surface area contributed by atoms with Crippen molar-refractivity contribution in [2.45, 2.75) is 25.7 Å². The van der Waals surface area contributed by atoms with Gasteiger partial charge in [-0.3, -0.25) is 4.79 Å². The summed E-state index contributed by atoms with van der Waals surface area (Å²) in [5.74, 6) is 0.0621. The molecule has 0 aromatic heterocycles. The summed E-state index contributed by atoms with van der Waals surface area (Å²) in [4.78, 5) is 13.4. The molecule has 1 aliphatic heterocycles. The summed E-state index contributed by atoms with van der Waals surface area (Å²) in [5, 5.41) is 9.02. The lowest BCUT2D eigenvalue weighted by atomic mass is 9.99. The van der Waals surface area contributed by atoms with Crippen LogP contribution in [0.5, 0.6) is 0 Å². The molecule has 1 fully saturated rings. The zero-order valence-electron chi connectivity index (χ0n) is 9.78. The summed E-state index contributed by atoms with van der Waals surface area (Å²) in [6.45, 7) is 0.746. The molecule has 100 valence electrons. The van der Waals surface area contributed by atoms with E-state index in [2.05, 4.69) is 4.74 Å². The van der Waals surface area contributed by atoms with E-state index in [-0.39, 0.29) is 31.5 Å². The maximum atomic E-state index is 11.8. The van der Waals surface area contributed by atoms with E-state index in [0.717, 1.165) is 12.8 Å². The molecule has 1 N–H and O–H groups in total. The lowest BCUT2D eigenvalue weighted by Crippen LogP contribution is -2.41. The van der Waals surface area contributed by atoms with Crippen LogP contribution in [0.15, 0.2) is 0 Å². The Labute approximate surface area is 99.5 Å². The Hall–Kier alpha value is -0.750. The number of aliphatic hydroxyl groups excluding tert-OH is 1. The van der Waals surface area contributed by atoms with Gasteiger partial charge in [0.05, 0.1) is 13.0 Å². The van der Waals surface area contributed by atoms with Crippen LogP contribution < -0.4 is 0 Å². The molecule has 6 heteroatoms. The summed E-state index contributed by atoms with van der Waals surface area (Å²) in [6, 6.07) is 0. The average Bonchev–Trinajstić information content (AvgIpc) is 2.34. The van der Waals surface area contributed by atoms with E-state index >= 15 is 0 Å². The van der Waals surface area contributed by atoms with Gasteiger partial charge in [0, 0.05) is 19.7 Å². The van der Waals surface area contributed by atoms with Crippen LogP contribution in [-0.4, -0.2) is 55.2 Å². The monoisotopic (exact) mass is 251 g/mol. The van der Waals surface area contributed by atoms with E-state index < -0.39 is 13.0 Å². The molecule has 0 saturated carbocycles. The van der Waals surface area contributed by atoms with Gasteiger partial charge in [0.2, 0.25) is 5.91 Å². The summed E-state index contributed by atoms with van der Waals surface area (Å²) >= 11 is 0. The van der Waals surface area contributed by atoms with Gasteiger partial charge in [-0.05, 0) is 18.8 Å². The molecule has 0 radical (unpaired) electrons. The summed E-state index contributed by atoms with van der Waals surface area (Å²) < 4.78 is 28.2. The van der Waals surface area contributed by atoms with Crippen LogP contribution in [0.25, 0.3) is 0 Å². The minimum Gasteiger partial charge on any atom is -0.396 e. The normalized spacial score (nSPS) is 20.9. The highest BCUT2D eigenvalue weighted by Gasteiger charge is 2.22. The first kappa shape index (κ1) is 14.3. The largest absolute Gasteiger partial charge is 0.396 e. The molecule has 17 heavy (non-hydrogen) atoms. The molecule has 0 bridgehead atoms. The number of amides is 1. The van der Waals surface area contributed by atoms with Gasteiger partial charge < -0.3 is 14.7 Å². The second kappa shape index (κ2) is 7.55. The third-order valence-electron chi connectivity index (χ3n) is 2.83. The summed E-state index contributed by atoms with van der Waals surface area (Å²) in [6.07, 6.45) is -0.541. The highest BCUT2D eigenvalue weighted by molar-refractivity contribution is 5.76. The zero-order valence-corrected chi connectivity index (χ0v) is 9.78. The highest BCUT2D eigenvalue weighted by Crippen LogP contribution is 2.16. The van der Waals surface area contributed by atoms with Gasteiger partial charge in [-0.1, -0.05) is 0 Å². The standard InChI is InChI=1S/C11H19F2NO3/c12-10(13)8-17-5-3-11(16)14-4-1-2-9(6-14)7-15/h9-10,15H,1-8H2. The zero-order chi connectivity index (χ0) is 12.7. The lowest BCUT2D eigenvalue weighted by molar-refractivity contribution is -0.134. The Morgan fingerprint density at radius 3 is 2.94 bits per heavy atom. The molecule has 0 aromatic carbocycles. The summed E-state index contributed by atoms with van der Waals surface area (Å²) in [5.41, 5.74) is 0. The second-order valence-corrected chi connectivity index (χ2v) is 4.25. The molecule has 1 aliphatic rings. The summed E-state index contributed by atoms with van der Waals surface area (Å²) in [7, 11) is 0. The number of likely N-dealkylation sites (tertiary alicyclic amines) is 1. The van der Waals surface area contributed by atoms with Crippen molar-refractivity contribution in [3.8, 4) is 0 Å². The molecule has 0 spiro atoms. The number of carbonyl (C=O) groups is 1. The molecule has 0 aliphatic carbocycles. The number of hydrogen-bond acceptors (Lipinski definition) is 3. The van der Waals surface area contributed by atoms with E-state index in [4.69, 9.17) is 5.11 Å². The van der Waals surface area contributed by atoms with Crippen LogP contribution >= 0.6 is 0 Å². The second-order valence-electron chi connectivity index (χ2n) is 4.25. The predicted molar refractivity (Wildman–Crippen MR) is 57.8 cm³/mol. The van der Waals surface area contributed by atoms with Crippen molar-refractivity contribution in [2.75, 3.05) is 32.9 Å². The number of piperidine rings is 1. The van der Waals surface area contributed by atoms with E-state index in [0.29, 0.717) is 13.1 Å². The van der Waals surface area contributed by atoms with Gasteiger partial charge >= 0.3 is 0 Å². The van der Waals surface area contributed by atoms with E-state index in [9.17, 15) is 13.6 Å². The molecular formula is C11H19F2NO3. The van der Waals surface area contributed by atoms with Gasteiger partial charge in [-0.25, -0.2) is 8.78 Å². The maximum absolute atomic E-state index is 11.8. The van der Waals surface area contributed by atoms with Crippen molar-refractivity contribution in [1.29, 1.82) is 0 Å². The van der Waals surface area contributed by atoms with Crippen LogP contribution in [0.4, 0.5) is 8.78 Å². The fraction of sp³-hybridized carbons (Fsp3) is 0.909. The molecule has 1 saturated heterocycles. The Kier molecular flexibility index (Phi) is 6.36. The van der Waals surface area contributed by atoms with Gasteiger partial charge in [0.25, 0.3) is 6.43 Å². The number of alkyl halides is 2. The molecule has 1 unspecified atom stereocenters. The third-order valence-corrected chi connectivity index (χ3v) is 2.83. The first-order valence-corrected chi connectivity index (χ1v) is 5.88. The fourth-order valence-electron chi connectivity index (χ4n) is 1.93. The number of halogens is 2. The molecule has 1 heterocycles. The fourth-order valence-corrected chi connectivity index (χ4v) is 1.93. The Morgan fingerprint density at radius 2 is 2.29 bits per heavy atom. The van der Waals surface area contributed by atoms with Crippen molar-refractivity contribution in [1.82, 2.24) is 4.90 Å². The maximum Gasteiger partial charge on any atom is 0.261 e. The van der Waals surface area contributed by atoms with Crippen LogP contribution in [0.2, 0.25) is 0 Å². The Morgan fingerprint density at radius 1 is 1.53 bits per heavy atom. The minimum atomic E-state index is -2.49. The van der Waals surface area contributed by atoms with Crippen LogP contribution in [0, 0.1) is 5.92 Å². The van der Waals surface area contributed by atoms with E-state index in [1.165, 1.54) is 0 Å².